The van der Waals surface area contributed by atoms with Crippen LogP contribution in [0.1, 0.15) is 12.5 Å². The largest absolute Gasteiger partial charge is 0.380 e. The first kappa shape index (κ1) is 11.4. The second kappa shape index (κ2) is 5.32. The molecule has 3 heteroatoms. The van der Waals surface area contributed by atoms with Crippen LogP contribution in [0.4, 0.5) is 5.69 Å². The van der Waals surface area contributed by atoms with Crippen molar-refractivity contribution in [3.8, 4) is 0 Å². The van der Waals surface area contributed by atoms with Gasteiger partial charge in [0.1, 0.15) is 0 Å². The van der Waals surface area contributed by atoms with Crippen molar-refractivity contribution in [1.29, 1.82) is 0 Å². The maximum Gasteiger partial charge on any atom is 0.0713 e. The number of benzene rings is 1. The standard InChI is InChI=1S/C13H20N2O/c1-11-9-14-6-7-15(11)13-5-3-4-12(8-13)10-16-2/h3-5,8,11,14H,6-7,9-10H2,1-2H3. The fourth-order valence-electron chi connectivity index (χ4n) is 2.22. The van der Waals surface area contributed by atoms with Gasteiger partial charge in [0.2, 0.25) is 0 Å². The van der Waals surface area contributed by atoms with E-state index in [0.717, 1.165) is 19.6 Å². The van der Waals surface area contributed by atoms with Crippen LogP contribution in [0.3, 0.4) is 0 Å². The maximum atomic E-state index is 5.17. The van der Waals surface area contributed by atoms with E-state index in [4.69, 9.17) is 4.74 Å². The van der Waals surface area contributed by atoms with E-state index in [1.807, 2.05) is 0 Å². The van der Waals surface area contributed by atoms with Gasteiger partial charge in [0.15, 0.2) is 0 Å². The Morgan fingerprint density at radius 2 is 2.38 bits per heavy atom. The predicted octanol–water partition coefficient (Wildman–Crippen LogP) is 1.63. The first-order valence-electron chi connectivity index (χ1n) is 5.86. The summed E-state index contributed by atoms with van der Waals surface area (Å²) in [6, 6.07) is 9.19. The molecule has 1 atom stereocenters. The van der Waals surface area contributed by atoms with E-state index in [2.05, 4.69) is 41.4 Å². The van der Waals surface area contributed by atoms with Crippen LogP contribution in [0, 0.1) is 0 Å². The first-order chi connectivity index (χ1) is 7.81. The molecule has 3 nitrogen and oxygen atoms in total. The van der Waals surface area contributed by atoms with Crippen molar-refractivity contribution in [2.75, 3.05) is 31.6 Å². The summed E-state index contributed by atoms with van der Waals surface area (Å²) in [7, 11) is 1.74. The zero-order valence-electron chi connectivity index (χ0n) is 10.1. The Hall–Kier alpha value is -1.06. The van der Waals surface area contributed by atoms with E-state index in [1.54, 1.807) is 7.11 Å². The monoisotopic (exact) mass is 220 g/mol. The van der Waals surface area contributed by atoms with Crippen LogP contribution in [-0.2, 0) is 11.3 Å². The Morgan fingerprint density at radius 3 is 3.12 bits per heavy atom. The van der Waals surface area contributed by atoms with Crippen molar-refractivity contribution in [3.05, 3.63) is 29.8 Å². The second-order valence-corrected chi connectivity index (χ2v) is 4.35. The number of anilines is 1. The summed E-state index contributed by atoms with van der Waals surface area (Å²) in [6.45, 7) is 6.16. The highest BCUT2D eigenvalue weighted by Gasteiger charge is 2.17. The summed E-state index contributed by atoms with van der Waals surface area (Å²) in [5, 5.41) is 3.41. The molecule has 1 fully saturated rings. The fourth-order valence-corrected chi connectivity index (χ4v) is 2.22. The van der Waals surface area contributed by atoms with Gasteiger partial charge in [0.05, 0.1) is 6.61 Å². The van der Waals surface area contributed by atoms with Crippen molar-refractivity contribution >= 4 is 5.69 Å². The number of nitrogens with zero attached hydrogens (tertiary/aromatic N) is 1. The third-order valence-corrected chi connectivity index (χ3v) is 3.05. The molecule has 1 aliphatic rings. The number of ether oxygens (including phenoxy) is 1. The third-order valence-electron chi connectivity index (χ3n) is 3.05. The van der Waals surface area contributed by atoms with E-state index in [0.29, 0.717) is 12.6 Å². The fraction of sp³-hybridized carbons (Fsp3) is 0.538. The van der Waals surface area contributed by atoms with Crippen molar-refractivity contribution in [2.24, 2.45) is 0 Å². The minimum atomic E-state index is 0.562. The lowest BCUT2D eigenvalue weighted by Crippen LogP contribution is -2.49. The molecule has 1 saturated heterocycles. The molecule has 1 aliphatic heterocycles. The number of nitrogens with one attached hydrogen (secondary N) is 1. The molecule has 0 amide bonds. The lowest BCUT2D eigenvalue weighted by Gasteiger charge is -2.36. The van der Waals surface area contributed by atoms with Crippen LogP contribution in [0.2, 0.25) is 0 Å². The molecule has 0 aromatic heterocycles. The number of hydrogen-bond acceptors (Lipinski definition) is 3. The van der Waals surface area contributed by atoms with Crippen molar-refractivity contribution < 1.29 is 4.74 Å². The average molecular weight is 220 g/mol. The van der Waals surface area contributed by atoms with Crippen LogP contribution in [0.25, 0.3) is 0 Å². The lowest BCUT2D eigenvalue weighted by atomic mass is 10.1. The summed E-state index contributed by atoms with van der Waals surface area (Å²) in [5.74, 6) is 0. The number of rotatable bonds is 3. The lowest BCUT2D eigenvalue weighted by molar-refractivity contribution is 0.185. The van der Waals surface area contributed by atoms with Gasteiger partial charge in [0.25, 0.3) is 0 Å². The van der Waals surface area contributed by atoms with Gasteiger partial charge in [0, 0.05) is 38.5 Å². The SMILES string of the molecule is COCc1cccc(N2CCNCC2C)c1. The molecular formula is C13H20N2O. The third kappa shape index (κ3) is 2.54. The number of piperazine rings is 1. The van der Waals surface area contributed by atoms with Crippen molar-refractivity contribution in [3.63, 3.8) is 0 Å². The quantitative estimate of drug-likeness (QED) is 0.838. The van der Waals surface area contributed by atoms with Crippen molar-refractivity contribution in [1.82, 2.24) is 5.32 Å². The highest BCUT2D eigenvalue weighted by Crippen LogP contribution is 2.20. The van der Waals surface area contributed by atoms with Gasteiger partial charge in [-0.2, -0.15) is 0 Å². The molecule has 1 aromatic rings. The first-order valence-corrected chi connectivity index (χ1v) is 5.86. The molecule has 0 radical (unpaired) electrons. The van der Waals surface area contributed by atoms with Crippen LogP contribution in [0.15, 0.2) is 24.3 Å². The molecule has 0 saturated carbocycles. The van der Waals surface area contributed by atoms with Gasteiger partial charge < -0.3 is 15.0 Å². The second-order valence-electron chi connectivity index (χ2n) is 4.35. The molecule has 1 N–H and O–H groups in total. The molecular weight excluding hydrogens is 200 g/mol. The Bertz CT molecular complexity index is 340. The Labute approximate surface area is 97.4 Å². The molecule has 1 unspecified atom stereocenters. The zero-order chi connectivity index (χ0) is 11.4. The van der Waals surface area contributed by atoms with Crippen LogP contribution < -0.4 is 10.2 Å². The van der Waals surface area contributed by atoms with E-state index in [-0.39, 0.29) is 0 Å². The molecule has 16 heavy (non-hydrogen) atoms. The van der Waals surface area contributed by atoms with E-state index >= 15 is 0 Å². The molecule has 0 aliphatic carbocycles. The molecule has 0 spiro atoms. The minimum absolute atomic E-state index is 0.562. The Kier molecular flexibility index (Phi) is 3.80. The summed E-state index contributed by atoms with van der Waals surface area (Å²) < 4.78 is 5.17. The van der Waals surface area contributed by atoms with Crippen LogP contribution in [-0.4, -0.2) is 32.8 Å². The van der Waals surface area contributed by atoms with E-state index in [9.17, 15) is 0 Å². The van der Waals surface area contributed by atoms with E-state index in [1.165, 1.54) is 11.3 Å². The van der Waals surface area contributed by atoms with Gasteiger partial charge in [-0.05, 0) is 24.6 Å². The zero-order valence-corrected chi connectivity index (χ0v) is 10.1. The van der Waals surface area contributed by atoms with Gasteiger partial charge in [-0.15, -0.1) is 0 Å². The number of methoxy groups -OCH3 is 1. The van der Waals surface area contributed by atoms with E-state index < -0.39 is 0 Å². The highest BCUT2D eigenvalue weighted by atomic mass is 16.5. The summed E-state index contributed by atoms with van der Waals surface area (Å²) in [5.41, 5.74) is 2.55. The minimum Gasteiger partial charge on any atom is -0.380 e. The molecule has 0 bridgehead atoms. The average Bonchev–Trinajstić information content (AvgIpc) is 2.30. The van der Waals surface area contributed by atoms with Crippen LogP contribution >= 0.6 is 0 Å². The molecule has 1 heterocycles. The summed E-state index contributed by atoms with van der Waals surface area (Å²) in [4.78, 5) is 2.45. The Balaban J connectivity index is 2.15. The van der Waals surface area contributed by atoms with Gasteiger partial charge in [-0.3, -0.25) is 0 Å². The molecule has 1 aromatic carbocycles. The van der Waals surface area contributed by atoms with Gasteiger partial charge in [-0.1, -0.05) is 12.1 Å². The molecule has 88 valence electrons. The molecule has 2 rings (SSSR count). The predicted molar refractivity (Wildman–Crippen MR) is 66.8 cm³/mol. The summed E-state index contributed by atoms with van der Waals surface area (Å²) in [6.07, 6.45) is 0. The van der Waals surface area contributed by atoms with Gasteiger partial charge in [-0.25, -0.2) is 0 Å². The van der Waals surface area contributed by atoms with Crippen LogP contribution in [0.5, 0.6) is 0 Å². The normalized spacial score (nSPS) is 21.1. The summed E-state index contributed by atoms with van der Waals surface area (Å²) >= 11 is 0. The maximum absolute atomic E-state index is 5.17. The smallest absolute Gasteiger partial charge is 0.0713 e. The van der Waals surface area contributed by atoms with Crippen molar-refractivity contribution in [2.45, 2.75) is 19.6 Å². The highest BCUT2D eigenvalue weighted by molar-refractivity contribution is 5.50. The topological polar surface area (TPSA) is 24.5 Å². The van der Waals surface area contributed by atoms with Gasteiger partial charge >= 0.3 is 0 Å². The Morgan fingerprint density at radius 1 is 1.50 bits per heavy atom. The number of hydrogen-bond donors (Lipinski definition) is 1.